The Balaban J connectivity index is 2.04. The third-order valence-corrected chi connectivity index (χ3v) is 3.76. The summed E-state index contributed by atoms with van der Waals surface area (Å²) in [5, 5.41) is 5.46. The molecule has 2 N–H and O–H groups in total. The van der Waals surface area contributed by atoms with Crippen molar-refractivity contribution in [3.8, 4) is 11.5 Å². The molecule has 0 aliphatic carbocycles. The van der Waals surface area contributed by atoms with Gasteiger partial charge in [0.15, 0.2) is 17.3 Å². The molecule has 0 saturated carbocycles. The number of anilines is 1. The zero-order valence-electron chi connectivity index (χ0n) is 16.6. The van der Waals surface area contributed by atoms with Crippen LogP contribution >= 0.6 is 0 Å². The zero-order chi connectivity index (χ0) is 20.5. The minimum Gasteiger partial charge on any atom is -0.493 e. The molecule has 0 aliphatic rings. The Kier molecular flexibility index (Phi) is 7.63. The van der Waals surface area contributed by atoms with Crippen molar-refractivity contribution in [2.24, 2.45) is 0 Å². The normalized spacial score (nSPS) is 10.8. The molecule has 2 aromatic rings. The van der Waals surface area contributed by atoms with E-state index in [1.165, 1.54) is 6.08 Å². The van der Waals surface area contributed by atoms with Gasteiger partial charge in [0.2, 0.25) is 0 Å². The number of carbonyl (C=O) groups excluding carboxylic acids is 2. The van der Waals surface area contributed by atoms with Gasteiger partial charge in [-0.15, -0.1) is 0 Å². The minimum absolute atomic E-state index is 0.0483. The topological polar surface area (TPSA) is 76.7 Å². The number of ketones is 1. The Labute approximate surface area is 165 Å². The molecule has 0 radical (unpaired) electrons. The van der Waals surface area contributed by atoms with Crippen molar-refractivity contribution in [1.29, 1.82) is 0 Å². The lowest BCUT2D eigenvalue weighted by Gasteiger charge is -2.10. The molecule has 0 saturated heterocycles. The van der Waals surface area contributed by atoms with E-state index in [9.17, 15) is 9.59 Å². The first-order valence-corrected chi connectivity index (χ1v) is 9.13. The van der Waals surface area contributed by atoms with Crippen molar-refractivity contribution < 1.29 is 19.1 Å². The van der Waals surface area contributed by atoms with Crippen molar-refractivity contribution in [3.05, 3.63) is 59.7 Å². The number of carbonyl (C=O) groups is 2. The van der Waals surface area contributed by atoms with Crippen molar-refractivity contribution in [3.63, 3.8) is 0 Å². The van der Waals surface area contributed by atoms with E-state index in [0.29, 0.717) is 29.4 Å². The molecule has 0 aromatic heterocycles. The van der Waals surface area contributed by atoms with Gasteiger partial charge < -0.3 is 20.1 Å². The van der Waals surface area contributed by atoms with Gasteiger partial charge in [0.05, 0.1) is 13.7 Å². The highest BCUT2D eigenvalue weighted by molar-refractivity contribution is 6.07. The van der Waals surface area contributed by atoms with Crippen LogP contribution in [0.5, 0.6) is 11.5 Å². The van der Waals surface area contributed by atoms with Gasteiger partial charge in [-0.2, -0.15) is 0 Å². The van der Waals surface area contributed by atoms with Gasteiger partial charge >= 0.3 is 6.03 Å². The fourth-order valence-electron chi connectivity index (χ4n) is 2.48. The highest BCUT2D eigenvalue weighted by Crippen LogP contribution is 2.28. The highest BCUT2D eigenvalue weighted by atomic mass is 16.5. The average Bonchev–Trinajstić information content (AvgIpc) is 2.66. The molecule has 0 unspecified atom stereocenters. The van der Waals surface area contributed by atoms with Gasteiger partial charge in [0, 0.05) is 17.3 Å². The van der Waals surface area contributed by atoms with E-state index in [0.717, 1.165) is 5.56 Å². The van der Waals surface area contributed by atoms with Gasteiger partial charge in [0.25, 0.3) is 0 Å². The summed E-state index contributed by atoms with van der Waals surface area (Å²) in [7, 11) is 1.59. The smallest absolute Gasteiger partial charge is 0.319 e. The van der Waals surface area contributed by atoms with E-state index in [4.69, 9.17) is 9.47 Å². The van der Waals surface area contributed by atoms with Crippen LogP contribution in [0.15, 0.2) is 48.5 Å². The van der Waals surface area contributed by atoms with E-state index in [-0.39, 0.29) is 17.9 Å². The molecule has 6 heteroatoms. The molecule has 2 amide bonds. The maximum absolute atomic E-state index is 12.4. The molecule has 0 atom stereocenters. The van der Waals surface area contributed by atoms with Crippen LogP contribution in [-0.4, -0.2) is 31.6 Å². The number of benzene rings is 2. The molecule has 0 aliphatic heterocycles. The highest BCUT2D eigenvalue weighted by Gasteiger charge is 2.07. The van der Waals surface area contributed by atoms with Crippen molar-refractivity contribution in [2.45, 2.75) is 26.8 Å². The maximum Gasteiger partial charge on any atom is 0.319 e. The molecule has 2 aromatic carbocycles. The molecule has 28 heavy (non-hydrogen) atoms. The summed E-state index contributed by atoms with van der Waals surface area (Å²) in [6.45, 7) is 6.19. The Hall–Kier alpha value is -3.28. The van der Waals surface area contributed by atoms with Crippen molar-refractivity contribution in [2.75, 3.05) is 19.0 Å². The molecule has 0 spiro atoms. The van der Waals surface area contributed by atoms with Gasteiger partial charge in [-0.05, 0) is 68.8 Å². The number of allylic oxidation sites excluding steroid dienone is 1. The lowest BCUT2D eigenvalue weighted by Crippen LogP contribution is -2.34. The molecular formula is C22H26N2O4. The quantitative estimate of drug-likeness (QED) is 0.520. The molecule has 0 heterocycles. The van der Waals surface area contributed by atoms with Gasteiger partial charge in [0.1, 0.15) is 0 Å². The van der Waals surface area contributed by atoms with Crippen LogP contribution in [0.1, 0.15) is 36.7 Å². The second-order valence-electron chi connectivity index (χ2n) is 6.37. The lowest BCUT2D eigenvalue weighted by atomic mass is 10.1. The van der Waals surface area contributed by atoms with E-state index >= 15 is 0 Å². The van der Waals surface area contributed by atoms with Crippen LogP contribution < -0.4 is 20.1 Å². The van der Waals surface area contributed by atoms with Gasteiger partial charge in [-0.3, -0.25) is 4.79 Å². The lowest BCUT2D eigenvalue weighted by molar-refractivity contribution is 0.104. The number of rotatable bonds is 8. The summed E-state index contributed by atoms with van der Waals surface area (Å²) < 4.78 is 10.8. The SMILES string of the molecule is CCOc1cc(/C=C/C(=O)c2ccc(NC(=O)NC(C)C)cc2)ccc1OC. The monoisotopic (exact) mass is 382 g/mol. The molecular weight excluding hydrogens is 356 g/mol. The van der Waals surface area contributed by atoms with Crippen LogP contribution in [0.25, 0.3) is 6.08 Å². The van der Waals surface area contributed by atoms with Crippen LogP contribution in [0.4, 0.5) is 10.5 Å². The number of hydrogen-bond acceptors (Lipinski definition) is 4. The number of ether oxygens (including phenoxy) is 2. The first kappa shape index (κ1) is 21.0. The predicted octanol–water partition coefficient (Wildman–Crippen LogP) is 4.52. The third-order valence-electron chi connectivity index (χ3n) is 3.76. The molecule has 2 rings (SSSR count). The second-order valence-corrected chi connectivity index (χ2v) is 6.37. The Morgan fingerprint density at radius 1 is 1.07 bits per heavy atom. The van der Waals surface area contributed by atoms with Crippen LogP contribution in [0, 0.1) is 0 Å². The van der Waals surface area contributed by atoms with E-state index in [2.05, 4.69) is 10.6 Å². The summed E-state index contributed by atoms with van der Waals surface area (Å²) in [5.41, 5.74) is 1.99. The molecule has 0 bridgehead atoms. The first-order chi connectivity index (χ1) is 13.4. The largest absolute Gasteiger partial charge is 0.493 e. The van der Waals surface area contributed by atoms with E-state index in [1.807, 2.05) is 32.9 Å². The van der Waals surface area contributed by atoms with Crippen LogP contribution in [-0.2, 0) is 0 Å². The van der Waals surface area contributed by atoms with E-state index < -0.39 is 0 Å². The number of urea groups is 1. The fraction of sp³-hybridized carbons (Fsp3) is 0.273. The molecule has 6 nitrogen and oxygen atoms in total. The first-order valence-electron chi connectivity index (χ1n) is 9.13. The summed E-state index contributed by atoms with van der Waals surface area (Å²) in [6.07, 6.45) is 3.23. The van der Waals surface area contributed by atoms with Gasteiger partial charge in [-0.1, -0.05) is 12.1 Å². The Morgan fingerprint density at radius 2 is 1.79 bits per heavy atom. The molecule has 148 valence electrons. The minimum atomic E-state index is -0.279. The summed E-state index contributed by atoms with van der Waals surface area (Å²) in [4.78, 5) is 24.1. The Morgan fingerprint density at radius 3 is 2.39 bits per heavy atom. The number of hydrogen-bond donors (Lipinski definition) is 2. The number of methoxy groups -OCH3 is 1. The summed E-state index contributed by atoms with van der Waals surface area (Å²) in [5.74, 6) is 1.15. The van der Waals surface area contributed by atoms with Gasteiger partial charge in [-0.25, -0.2) is 4.79 Å². The standard InChI is InChI=1S/C22H26N2O4/c1-5-28-21-14-16(7-13-20(21)27-4)6-12-19(25)17-8-10-18(11-9-17)24-22(26)23-15(2)3/h6-15H,5H2,1-4H3,(H2,23,24,26)/b12-6+. The maximum atomic E-state index is 12.4. The number of amides is 2. The predicted molar refractivity (Wildman–Crippen MR) is 111 cm³/mol. The third kappa shape index (κ3) is 6.16. The summed E-state index contributed by atoms with van der Waals surface area (Å²) in [6, 6.07) is 12.0. The molecule has 0 fully saturated rings. The average molecular weight is 382 g/mol. The van der Waals surface area contributed by atoms with Crippen molar-refractivity contribution in [1.82, 2.24) is 5.32 Å². The van der Waals surface area contributed by atoms with Crippen molar-refractivity contribution >= 4 is 23.6 Å². The zero-order valence-corrected chi connectivity index (χ0v) is 16.6. The fourth-order valence-corrected chi connectivity index (χ4v) is 2.48. The number of nitrogens with one attached hydrogen (secondary N) is 2. The van der Waals surface area contributed by atoms with Crippen LogP contribution in [0.3, 0.4) is 0 Å². The second kappa shape index (κ2) is 10.2. The van der Waals surface area contributed by atoms with Crippen LogP contribution in [0.2, 0.25) is 0 Å². The summed E-state index contributed by atoms with van der Waals surface area (Å²) >= 11 is 0. The van der Waals surface area contributed by atoms with E-state index in [1.54, 1.807) is 43.5 Å². The Bertz CT molecular complexity index is 842.